The van der Waals surface area contributed by atoms with Gasteiger partial charge in [-0.15, -0.1) is 0 Å². The highest BCUT2D eigenvalue weighted by atomic mass is 35.5. The summed E-state index contributed by atoms with van der Waals surface area (Å²) in [5.41, 5.74) is -1.43. The summed E-state index contributed by atoms with van der Waals surface area (Å²) in [5.74, 6) is -3.47. The first-order valence-electron chi connectivity index (χ1n) is 10.9. The molecule has 0 unspecified atom stereocenters. The van der Waals surface area contributed by atoms with Crippen molar-refractivity contribution in [2.45, 2.75) is 23.9 Å². The molecule has 6 nitrogen and oxygen atoms in total. The van der Waals surface area contributed by atoms with E-state index in [0.717, 1.165) is 31.0 Å². The summed E-state index contributed by atoms with van der Waals surface area (Å²) in [6.07, 6.45) is -3.05. The van der Waals surface area contributed by atoms with Crippen LogP contribution < -0.4 is 14.9 Å². The fourth-order valence-corrected chi connectivity index (χ4v) is 5.43. The molecule has 0 saturated carbocycles. The summed E-state index contributed by atoms with van der Waals surface area (Å²) >= 11 is 5.85. The second kappa shape index (κ2) is 10.2. The number of benzene rings is 3. The van der Waals surface area contributed by atoms with E-state index >= 15 is 0 Å². The Kier molecular flexibility index (Phi) is 7.33. The average molecular weight is 560 g/mol. The molecule has 37 heavy (non-hydrogen) atoms. The van der Waals surface area contributed by atoms with Gasteiger partial charge in [0.05, 0.1) is 21.8 Å². The molecule has 1 saturated heterocycles. The molecule has 0 bridgehead atoms. The van der Waals surface area contributed by atoms with Crippen LogP contribution in [-0.4, -0.2) is 27.4 Å². The number of carbonyl (C=O) groups is 1. The zero-order valence-electron chi connectivity index (χ0n) is 18.9. The smallest absolute Gasteiger partial charge is 0.370 e. The van der Waals surface area contributed by atoms with Gasteiger partial charge in [-0.3, -0.25) is 9.52 Å². The zero-order chi connectivity index (χ0) is 27.0. The molecule has 13 heteroatoms. The Morgan fingerprint density at radius 3 is 2.27 bits per heavy atom. The highest BCUT2D eigenvalue weighted by Gasteiger charge is 2.31. The van der Waals surface area contributed by atoms with Crippen LogP contribution in [0.15, 0.2) is 59.5 Å². The fourth-order valence-electron chi connectivity index (χ4n) is 3.89. The summed E-state index contributed by atoms with van der Waals surface area (Å²) < 4.78 is 95.2. The lowest BCUT2D eigenvalue weighted by molar-refractivity contribution is -0.137. The Morgan fingerprint density at radius 1 is 0.919 bits per heavy atom. The molecule has 1 heterocycles. The first-order chi connectivity index (χ1) is 17.3. The van der Waals surface area contributed by atoms with Crippen LogP contribution >= 0.6 is 11.6 Å². The van der Waals surface area contributed by atoms with Crippen molar-refractivity contribution in [2.24, 2.45) is 0 Å². The van der Waals surface area contributed by atoms with Gasteiger partial charge in [0.25, 0.3) is 15.9 Å². The van der Waals surface area contributed by atoms with Crippen LogP contribution in [0.25, 0.3) is 0 Å². The van der Waals surface area contributed by atoms with Crippen LogP contribution in [0.4, 0.5) is 39.0 Å². The minimum absolute atomic E-state index is 0.0156. The lowest BCUT2D eigenvalue weighted by atomic mass is 10.2. The van der Waals surface area contributed by atoms with E-state index in [9.17, 15) is 35.2 Å². The van der Waals surface area contributed by atoms with Crippen LogP contribution in [0.1, 0.15) is 28.8 Å². The molecular formula is C24H19ClF5N3O3S. The van der Waals surface area contributed by atoms with E-state index in [2.05, 4.69) is 10.0 Å². The van der Waals surface area contributed by atoms with Gasteiger partial charge >= 0.3 is 6.18 Å². The van der Waals surface area contributed by atoms with Crippen molar-refractivity contribution >= 4 is 44.6 Å². The van der Waals surface area contributed by atoms with Gasteiger partial charge in [-0.25, -0.2) is 17.2 Å². The van der Waals surface area contributed by atoms with Crippen LogP contribution in [0.3, 0.4) is 0 Å². The largest absolute Gasteiger partial charge is 0.416 e. The first-order valence-corrected chi connectivity index (χ1v) is 12.8. The SMILES string of the molecule is O=C(Nc1ccc(N2CCCC2)c(S(=O)(=O)Nc2cccc(C(F)(F)F)c2)c1)c1cc(F)c(F)cc1Cl. The normalized spacial score (nSPS) is 14.1. The third-order valence-corrected chi connectivity index (χ3v) is 7.37. The highest BCUT2D eigenvalue weighted by Crippen LogP contribution is 2.34. The second-order valence-corrected chi connectivity index (χ2v) is 10.3. The molecule has 2 N–H and O–H groups in total. The number of rotatable bonds is 6. The number of nitrogens with zero attached hydrogens (tertiary/aromatic N) is 1. The van der Waals surface area contributed by atoms with Crippen LogP contribution in [0, 0.1) is 11.6 Å². The van der Waals surface area contributed by atoms with Crippen LogP contribution in [-0.2, 0) is 16.2 Å². The Bertz CT molecular complexity index is 1460. The molecule has 0 aromatic heterocycles. The molecule has 0 spiro atoms. The van der Waals surface area contributed by atoms with Crippen molar-refractivity contribution < 1.29 is 35.2 Å². The monoisotopic (exact) mass is 559 g/mol. The molecule has 1 fully saturated rings. The number of anilines is 3. The van der Waals surface area contributed by atoms with E-state index < -0.39 is 39.3 Å². The molecule has 3 aromatic rings. The van der Waals surface area contributed by atoms with Crippen molar-refractivity contribution in [1.29, 1.82) is 0 Å². The molecule has 0 aliphatic carbocycles. The first kappa shape index (κ1) is 26.7. The molecule has 1 aliphatic rings. The van der Waals surface area contributed by atoms with E-state index in [1.165, 1.54) is 18.2 Å². The highest BCUT2D eigenvalue weighted by molar-refractivity contribution is 7.92. The number of nitrogens with one attached hydrogen (secondary N) is 2. The Balaban J connectivity index is 1.70. The third-order valence-electron chi connectivity index (χ3n) is 5.65. The van der Waals surface area contributed by atoms with Crippen molar-refractivity contribution in [3.8, 4) is 0 Å². The maximum absolute atomic E-state index is 13.6. The third kappa shape index (κ3) is 5.96. The van der Waals surface area contributed by atoms with Gasteiger partial charge in [0.2, 0.25) is 0 Å². The maximum atomic E-state index is 13.6. The van der Waals surface area contributed by atoms with Crippen molar-refractivity contribution in [3.05, 3.63) is 82.4 Å². The topological polar surface area (TPSA) is 78.5 Å². The minimum atomic E-state index is -4.67. The molecule has 0 radical (unpaired) electrons. The van der Waals surface area contributed by atoms with Gasteiger partial charge < -0.3 is 10.2 Å². The van der Waals surface area contributed by atoms with Gasteiger partial charge in [-0.05, 0) is 61.4 Å². The standard InChI is InChI=1S/C24H19ClF5N3O3S/c25-18-13-20(27)19(26)12-17(18)23(34)31-15-6-7-21(33-8-1-2-9-33)22(11-15)37(35,36)32-16-5-3-4-14(10-16)24(28,29)30/h3-7,10-13,32H,1-2,8-9H2,(H,31,34). The summed E-state index contributed by atoms with van der Waals surface area (Å²) in [5, 5.41) is 2.04. The van der Waals surface area contributed by atoms with E-state index in [1.807, 2.05) is 0 Å². The molecular weight excluding hydrogens is 541 g/mol. The minimum Gasteiger partial charge on any atom is -0.370 e. The Morgan fingerprint density at radius 2 is 1.59 bits per heavy atom. The summed E-state index contributed by atoms with van der Waals surface area (Å²) in [4.78, 5) is 14.2. The van der Waals surface area contributed by atoms with Gasteiger partial charge in [0.15, 0.2) is 11.6 Å². The van der Waals surface area contributed by atoms with Gasteiger partial charge in [-0.1, -0.05) is 17.7 Å². The van der Waals surface area contributed by atoms with Gasteiger partial charge in [0, 0.05) is 24.5 Å². The van der Waals surface area contributed by atoms with E-state index in [1.54, 1.807) is 4.90 Å². The summed E-state index contributed by atoms with van der Waals surface area (Å²) in [6, 6.07) is 8.99. The van der Waals surface area contributed by atoms with Crippen LogP contribution in [0.2, 0.25) is 5.02 Å². The van der Waals surface area contributed by atoms with Crippen molar-refractivity contribution in [2.75, 3.05) is 28.0 Å². The fraction of sp³-hybridized carbons (Fsp3) is 0.208. The van der Waals surface area contributed by atoms with Crippen LogP contribution in [0.5, 0.6) is 0 Å². The molecule has 3 aromatic carbocycles. The van der Waals surface area contributed by atoms with E-state index in [-0.39, 0.29) is 26.9 Å². The molecule has 1 amide bonds. The number of hydrogen-bond donors (Lipinski definition) is 2. The second-order valence-electron chi connectivity index (χ2n) is 8.26. The number of halogens is 6. The van der Waals surface area contributed by atoms with Gasteiger partial charge in [0.1, 0.15) is 4.90 Å². The zero-order valence-corrected chi connectivity index (χ0v) is 20.4. The van der Waals surface area contributed by atoms with E-state index in [0.29, 0.717) is 37.0 Å². The number of hydrogen-bond acceptors (Lipinski definition) is 4. The van der Waals surface area contributed by atoms with E-state index in [4.69, 9.17) is 11.6 Å². The predicted octanol–water partition coefficient (Wildman–Crippen LogP) is 6.29. The quantitative estimate of drug-likeness (QED) is 0.275. The number of carbonyl (C=O) groups excluding carboxylic acids is 1. The molecule has 196 valence electrons. The summed E-state index contributed by atoms with van der Waals surface area (Å²) in [6.45, 7) is 1.12. The lowest BCUT2D eigenvalue weighted by Gasteiger charge is -2.22. The van der Waals surface area contributed by atoms with Gasteiger partial charge in [-0.2, -0.15) is 13.2 Å². The van der Waals surface area contributed by atoms with Crippen molar-refractivity contribution in [1.82, 2.24) is 0 Å². The number of sulfonamides is 1. The predicted molar refractivity (Wildman–Crippen MR) is 129 cm³/mol. The Hall–Kier alpha value is -3.38. The summed E-state index contributed by atoms with van der Waals surface area (Å²) in [7, 11) is -4.43. The molecule has 1 aliphatic heterocycles. The molecule has 0 atom stereocenters. The molecule has 4 rings (SSSR count). The number of amides is 1. The average Bonchev–Trinajstić information content (AvgIpc) is 3.35. The Labute approximate surface area is 214 Å². The lowest BCUT2D eigenvalue weighted by Crippen LogP contribution is -2.23. The van der Waals surface area contributed by atoms with Crippen molar-refractivity contribution in [3.63, 3.8) is 0 Å². The maximum Gasteiger partial charge on any atom is 0.416 e. The number of alkyl halides is 3.